The largest absolute Gasteiger partial charge is 0.395 e. The van der Waals surface area contributed by atoms with Crippen molar-refractivity contribution in [3.8, 4) is 5.69 Å². The molecule has 0 saturated carbocycles. The molecule has 0 amide bonds. The van der Waals surface area contributed by atoms with Crippen molar-refractivity contribution in [2.75, 3.05) is 31.6 Å². The number of piperidine rings is 1. The van der Waals surface area contributed by atoms with E-state index >= 15 is 0 Å². The molecule has 176 valence electrons. The number of hydrogen-bond donors (Lipinski definition) is 5. The molecule has 2 aromatic rings. The smallest absolute Gasteiger partial charge is 0.294 e. The van der Waals surface area contributed by atoms with E-state index in [-0.39, 0.29) is 18.8 Å². The van der Waals surface area contributed by atoms with Crippen LogP contribution in [0.3, 0.4) is 0 Å². The van der Waals surface area contributed by atoms with E-state index in [1.165, 1.54) is 23.3 Å². The minimum atomic E-state index is -1.25. The molecule has 1 aliphatic rings. The summed E-state index contributed by atoms with van der Waals surface area (Å²) in [7, 11) is 0. The predicted molar refractivity (Wildman–Crippen MR) is 115 cm³/mol. The number of nitrogens with one attached hydrogen (secondary N) is 1. The van der Waals surface area contributed by atoms with Crippen LogP contribution in [0.4, 0.5) is 11.4 Å². The van der Waals surface area contributed by atoms with Gasteiger partial charge in [0, 0.05) is 19.2 Å². The normalized spacial score (nSPS) is 23.9. The highest BCUT2D eigenvalue weighted by Crippen LogP contribution is 2.27. The predicted octanol–water partition coefficient (Wildman–Crippen LogP) is -0.0930. The van der Waals surface area contributed by atoms with E-state index in [2.05, 4.69) is 15.5 Å². The van der Waals surface area contributed by atoms with E-state index in [0.717, 1.165) is 25.7 Å². The van der Waals surface area contributed by atoms with Gasteiger partial charge in [-0.2, -0.15) is 15.0 Å². The number of aliphatic hydroxyl groups is 4. The number of likely N-dealkylation sites (tertiary alicyclic amines) is 1. The Labute approximate surface area is 185 Å². The Morgan fingerprint density at radius 3 is 2.50 bits per heavy atom. The van der Waals surface area contributed by atoms with E-state index in [1.807, 2.05) is 0 Å². The second kappa shape index (κ2) is 11.3. The summed E-state index contributed by atoms with van der Waals surface area (Å²) < 4.78 is 0. The summed E-state index contributed by atoms with van der Waals surface area (Å²) >= 11 is 0. The molecule has 4 atom stereocenters. The number of unbranched alkanes of at least 4 members (excludes halogenated alkanes) is 3. The molecule has 1 saturated heterocycles. The molecule has 1 aliphatic heterocycles. The van der Waals surface area contributed by atoms with E-state index in [4.69, 9.17) is 0 Å². The molecule has 0 unspecified atom stereocenters. The lowest BCUT2D eigenvalue weighted by Gasteiger charge is -2.43. The van der Waals surface area contributed by atoms with Gasteiger partial charge in [-0.1, -0.05) is 12.8 Å². The number of anilines is 1. The zero-order valence-electron chi connectivity index (χ0n) is 17.7. The van der Waals surface area contributed by atoms with Gasteiger partial charge in [-0.25, -0.2) is 0 Å². The second-order valence-electron chi connectivity index (χ2n) is 7.91. The highest BCUT2D eigenvalue weighted by Gasteiger charge is 2.40. The molecule has 0 radical (unpaired) electrons. The summed E-state index contributed by atoms with van der Waals surface area (Å²) in [5.74, 6) is 0. The molecule has 32 heavy (non-hydrogen) atoms. The number of rotatable bonds is 11. The van der Waals surface area contributed by atoms with Gasteiger partial charge in [-0.3, -0.25) is 15.0 Å². The number of aromatic nitrogens is 3. The van der Waals surface area contributed by atoms with Gasteiger partial charge in [0.1, 0.15) is 17.9 Å². The van der Waals surface area contributed by atoms with Crippen molar-refractivity contribution in [1.82, 2.24) is 19.9 Å². The number of aliphatic hydroxyl groups excluding tert-OH is 4. The molecule has 1 aromatic heterocycles. The maximum atomic E-state index is 11.4. The van der Waals surface area contributed by atoms with Crippen LogP contribution in [0.1, 0.15) is 25.7 Å². The number of benzene rings is 1. The molecule has 0 spiro atoms. The van der Waals surface area contributed by atoms with Crippen molar-refractivity contribution in [2.24, 2.45) is 0 Å². The van der Waals surface area contributed by atoms with Crippen LogP contribution in [0, 0.1) is 10.1 Å². The Bertz CT molecular complexity index is 866. The molecule has 12 nitrogen and oxygen atoms in total. The average molecular weight is 450 g/mol. The first-order valence-electron chi connectivity index (χ1n) is 10.7. The first kappa shape index (κ1) is 24.0. The second-order valence-corrected chi connectivity index (χ2v) is 7.91. The van der Waals surface area contributed by atoms with Gasteiger partial charge in [0.25, 0.3) is 5.69 Å². The molecule has 0 bridgehead atoms. The molecule has 1 fully saturated rings. The van der Waals surface area contributed by atoms with Gasteiger partial charge in [0.2, 0.25) is 0 Å². The minimum Gasteiger partial charge on any atom is -0.395 e. The number of nitro groups is 1. The zero-order chi connectivity index (χ0) is 23.1. The molecule has 1 aromatic carbocycles. The first-order valence-corrected chi connectivity index (χ1v) is 10.7. The van der Waals surface area contributed by atoms with E-state index in [0.29, 0.717) is 24.5 Å². The Balaban J connectivity index is 1.41. The van der Waals surface area contributed by atoms with Crippen LogP contribution in [0.2, 0.25) is 0 Å². The highest BCUT2D eigenvalue weighted by molar-refractivity contribution is 5.64. The van der Waals surface area contributed by atoms with Crippen molar-refractivity contribution < 1.29 is 25.3 Å². The highest BCUT2D eigenvalue weighted by atomic mass is 16.6. The summed E-state index contributed by atoms with van der Waals surface area (Å²) in [6.45, 7) is 1.09. The Morgan fingerprint density at radius 1 is 1.09 bits per heavy atom. The number of β-amino-alcohol motifs (C(OH)–C–C–N with tert-alkyl or cyclic N) is 1. The summed E-state index contributed by atoms with van der Waals surface area (Å²) in [5.41, 5.74) is 0.902. The lowest BCUT2D eigenvalue weighted by atomic mass is 9.94. The fourth-order valence-corrected chi connectivity index (χ4v) is 3.95. The van der Waals surface area contributed by atoms with Crippen LogP contribution < -0.4 is 5.32 Å². The van der Waals surface area contributed by atoms with E-state index < -0.39 is 29.3 Å². The third-order valence-corrected chi connectivity index (χ3v) is 5.73. The van der Waals surface area contributed by atoms with Crippen LogP contribution in [0.15, 0.2) is 30.6 Å². The lowest BCUT2D eigenvalue weighted by Crippen LogP contribution is -2.62. The maximum absolute atomic E-state index is 11.4. The summed E-state index contributed by atoms with van der Waals surface area (Å²) in [5, 5.41) is 61.6. The monoisotopic (exact) mass is 450 g/mol. The average Bonchev–Trinajstić information content (AvgIpc) is 3.32. The fourth-order valence-electron chi connectivity index (χ4n) is 3.95. The Morgan fingerprint density at radius 2 is 1.81 bits per heavy atom. The van der Waals surface area contributed by atoms with E-state index in [9.17, 15) is 30.5 Å². The molecular weight excluding hydrogens is 420 g/mol. The summed E-state index contributed by atoms with van der Waals surface area (Å²) in [6, 6.07) is 4.20. The standard InChI is InChI=1S/C20H30N6O6/c27-13-17-19(29)20(30)18(28)12-24(17)10-4-2-1-3-7-21-15-6-5-14(11-16(15)26(31)32)25-22-8-9-23-25/h5-6,8-9,11,17-21,27-30H,1-4,7,10,12-13H2/t17-,18+,19-,20-/m1/s1. The van der Waals surface area contributed by atoms with E-state index in [1.54, 1.807) is 17.0 Å². The first-order chi connectivity index (χ1) is 15.4. The van der Waals surface area contributed by atoms with Crippen LogP contribution in [-0.4, -0.2) is 95.8 Å². The lowest BCUT2D eigenvalue weighted by molar-refractivity contribution is -0.383. The van der Waals surface area contributed by atoms with Crippen LogP contribution >= 0.6 is 0 Å². The van der Waals surface area contributed by atoms with Gasteiger partial charge < -0.3 is 25.7 Å². The van der Waals surface area contributed by atoms with Crippen LogP contribution in [-0.2, 0) is 0 Å². The molecule has 3 rings (SSSR count). The zero-order valence-corrected chi connectivity index (χ0v) is 17.7. The fraction of sp³-hybridized carbons (Fsp3) is 0.600. The topological polar surface area (TPSA) is 170 Å². The Kier molecular flexibility index (Phi) is 8.47. The molecule has 5 N–H and O–H groups in total. The quantitative estimate of drug-likeness (QED) is 0.177. The maximum Gasteiger partial charge on any atom is 0.294 e. The Hall–Kier alpha value is -2.64. The van der Waals surface area contributed by atoms with Crippen molar-refractivity contribution in [3.63, 3.8) is 0 Å². The van der Waals surface area contributed by atoms with Gasteiger partial charge in [0.05, 0.1) is 41.8 Å². The van der Waals surface area contributed by atoms with Crippen LogP contribution in [0.25, 0.3) is 5.69 Å². The molecule has 2 heterocycles. The third kappa shape index (κ3) is 5.78. The van der Waals surface area contributed by atoms with Gasteiger partial charge in [0.15, 0.2) is 0 Å². The number of nitrogens with zero attached hydrogens (tertiary/aromatic N) is 5. The van der Waals surface area contributed by atoms with Gasteiger partial charge >= 0.3 is 0 Å². The molecular formula is C20H30N6O6. The third-order valence-electron chi connectivity index (χ3n) is 5.73. The van der Waals surface area contributed by atoms with Crippen molar-refractivity contribution in [1.29, 1.82) is 0 Å². The minimum absolute atomic E-state index is 0.0424. The summed E-state index contributed by atoms with van der Waals surface area (Å²) in [6.07, 6.45) is 2.93. The SMILES string of the molecule is O=[N+]([O-])c1cc(-n2nccn2)ccc1NCCCCCCN1C[C@H](O)[C@@H](O)[C@H](O)[C@H]1CO. The number of nitro benzene ring substituents is 1. The summed E-state index contributed by atoms with van der Waals surface area (Å²) in [4.78, 5) is 14.1. The van der Waals surface area contributed by atoms with Gasteiger partial charge in [-0.15, -0.1) is 0 Å². The number of hydrogen-bond acceptors (Lipinski definition) is 10. The van der Waals surface area contributed by atoms with Crippen LogP contribution in [0.5, 0.6) is 0 Å². The molecule has 12 heteroatoms. The molecule has 0 aliphatic carbocycles. The van der Waals surface area contributed by atoms with Crippen molar-refractivity contribution in [3.05, 3.63) is 40.7 Å². The van der Waals surface area contributed by atoms with Crippen molar-refractivity contribution in [2.45, 2.75) is 50.0 Å². The van der Waals surface area contributed by atoms with Crippen molar-refractivity contribution >= 4 is 11.4 Å². The van der Waals surface area contributed by atoms with Gasteiger partial charge in [-0.05, 0) is 31.5 Å².